The van der Waals surface area contributed by atoms with E-state index < -0.39 is 0 Å². The molecular formula is C20H18ClNO. The standard InChI is InChI=1S/C20H18ClNO/c21-15-10-11-19-17(12-15)18(22-16-8-4-5-9-16)13-20(23-19)14-6-2-1-3-7-14/h1-3,6-7,10-13,16H,4-5,8-9H2. The lowest BCUT2D eigenvalue weighted by Crippen LogP contribution is -2.10. The van der Waals surface area contributed by atoms with Crippen molar-refractivity contribution < 1.29 is 4.42 Å². The van der Waals surface area contributed by atoms with E-state index in [1.807, 2.05) is 42.5 Å². The van der Waals surface area contributed by atoms with Gasteiger partial charge in [0.15, 0.2) is 0 Å². The summed E-state index contributed by atoms with van der Waals surface area (Å²) in [6, 6.07) is 18.4. The minimum Gasteiger partial charge on any atom is -0.456 e. The number of benzene rings is 2. The Bertz CT molecular complexity index is 892. The van der Waals surface area contributed by atoms with Gasteiger partial charge in [-0.1, -0.05) is 54.8 Å². The fourth-order valence-corrected chi connectivity index (χ4v) is 3.39. The summed E-state index contributed by atoms with van der Waals surface area (Å²) in [6.07, 6.45) is 4.90. The highest BCUT2D eigenvalue weighted by Gasteiger charge is 2.14. The zero-order chi connectivity index (χ0) is 15.6. The average Bonchev–Trinajstić information content (AvgIpc) is 3.09. The predicted octanol–water partition coefficient (Wildman–Crippen LogP) is 5.60. The largest absolute Gasteiger partial charge is 0.456 e. The predicted molar refractivity (Wildman–Crippen MR) is 94.5 cm³/mol. The van der Waals surface area contributed by atoms with Gasteiger partial charge in [0, 0.05) is 22.0 Å². The first-order chi connectivity index (χ1) is 11.3. The van der Waals surface area contributed by atoms with Crippen LogP contribution in [0, 0.1) is 0 Å². The lowest BCUT2D eigenvalue weighted by molar-refractivity contribution is 0.615. The molecule has 116 valence electrons. The molecule has 3 aromatic rings. The van der Waals surface area contributed by atoms with Crippen molar-refractivity contribution in [1.82, 2.24) is 0 Å². The van der Waals surface area contributed by atoms with Gasteiger partial charge in [-0.2, -0.15) is 0 Å². The molecule has 4 rings (SSSR count). The highest BCUT2D eigenvalue weighted by atomic mass is 35.5. The zero-order valence-electron chi connectivity index (χ0n) is 12.8. The van der Waals surface area contributed by atoms with E-state index in [0.29, 0.717) is 11.1 Å². The summed E-state index contributed by atoms with van der Waals surface area (Å²) in [5.74, 6) is 0.845. The fourth-order valence-electron chi connectivity index (χ4n) is 3.22. The van der Waals surface area contributed by atoms with Crippen molar-refractivity contribution in [3.63, 3.8) is 0 Å². The van der Waals surface area contributed by atoms with Gasteiger partial charge >= 0.3 is 0 Å². The molecule has 0 N–H and O–H groups in total. The van der Waals surface area contributed by atoms with Crippen molar-refractivity contribution in [1.29, 1.82) is 0 Å². The minimum atomic E-state index is 0.420. The lowest BCUT2D eigenvalue weighted by Gasteiger charge is -2.07. The summed E-state index contributed by atoms with van der Waals surface area (Å²) in [7, 11) is 0. The van der Waals surface area contributed by atoms with E-state index in [4.69, 9.17) is 21.0 Å². The first kappa shape index (κ1) is 14.5. The van der Waals surface area contributed by atoms with E-state index in [2.05, 4.69) is 12.1 Å². The smallest absolute Gasteiger partial charge is 0.136 e. The first-order valence-electron chi connectivity index (χ1n) is 8.12. The SMILES string of the molecule is Clc1ccc2oc(-c3ccccc3)cc(=NC3CCCC3)c2c1. The van der Waals surface area contributed by atoms with Gasteiger partial charge in [-0.15, -0.1) is 0 Å². The quantitative estimate of drug-likeness (QED) is 0.603. The molecule has 0 spiro atoms. The number of nitrogens with zero attached hydrogens (tertiary/aromatic N) is 1. The molecule has 1 heterocycles. The highest BCUT2D eigenvalue weighted by molar-refractivity contribution is 6.31. The van der Waals surface area contributed by atoms with Crippen LogP contribution in [-0.2, 0) is 0 Å². The van der Waals surface area contributed by atoms with Crippen LogP contribution in [0.4, 0.5) is 0 Å². The third-order valence-electron chi connectivity index (χ3n) is 4.41. The van der Waals surface area contributed by atoms with Crippen LogP contribution in [0.5, 0.6) is 0 Å². The zero-order valence-corrected chi connectivity index (χ0v) is 13.6. The van der Waals surface area contributed by atoms with Crippen LogP contribution in [0.15, 0.2) is 64.0 Å². The second-order valence-electron chi connectivity index (χ2n) is 6.07. The van der Waals surface area contributed by atoms with Gasteiger partial charge in [0.25, 0.3) is 0 Å². The summed E-state index contributed by atoms with van der Waals surface area (Å²) < 4.78 is 6.09. The molecule has 3 heteroatoms. The number of rotatable bonds is 2. The van der Waals surface area contributed by atoms with Gasteiger partial charge in [0.05, 0.1) is 11.4 Å². The van der Waals surface area contributed by atoms with Crippen LogP contribution >= 0.6 is 11.6 Å². The summed E-state index contributed by atoms with van der Waals surface area (Å²) >= 11 is 6.18. The molecule has 1 aliphatic rings. The molecule has 0 saturated heterocycles. The molecule has 0 aliphatic heterocycles. The monoisotopic (exact) mass is 323 g/mol. The fraction of sp³-hybridized carbons (Fsp3) is 0.250. The van der Waals surface area contributed by atoms with E-state index >= 15 is 0 Å². The molecule has 0 radical (unpaired) electrons. The number of halogens is 1. The van der Waals surface area contributed by atoms with Crippen molar-refractivity contribution in [2.75, 3.05) is 0 Å². The molecule has 0 atom stereocenters. The van der Waals surface area contributed by atoms with Crippen LogP contribution in [0.3, 0.4) is 0 Å². The van der Waals surface area contributed by atoms with Gasteiger partial charge in [-0.3, -0.25) is 4.99 Å². The molecular weight excluding hydrogens is 306 g/mol. The van der Waals surface area contributed by atoms with Gasteiger partial charge in [-0.05, 0) is 31.0 Å². The van der Waals surface area contributed by atoms with Gasteiger partial charge in [0.1, 0.15) is 11.3 Å². The van der Waals surface area contributed by atoms with Crippen molar-refractivity contribution in [2.45, 2.75) is 31.7 Å². The Morgan fingerprint density at radius 1 is 0.957 bits per heavy atom. The Labute approximate surface area is 140 Å². The maximum absolute atomic E-state index is 6.18. The Hall–Kier alpha value is -2.06. The van der Waals surface area contributed by atoms with Crippen LogP contribution in [0.2, 0.25) is 5.02 Å². The number of hydrogen-bond donors (Lipinski definition) is 0. The average molecular weight is 324 g/mol. The first-order valence-corrected chi connectivity index (χ1v) is 8.50. The van der Waals surface area contributed by atoms with Crippen molar-refractivity contribution >= 4 is 22.6 Å². The Balaban J connectivity index is 1.95. The molecule has 1 fully saturated rings. The second-order valence-corrected chi connectivity index (χ2v) is 6.51. The van der Waals surface area contributed by atoms with E-state index in [-0.39, 0.29) is 0 Å². The molecule has 1 aromatic heterocycles. The van der Waals surface area contributed by atoms with Crippen LogP contribution in [0.25, 0.3) is 22.3 Å². The molecule has 0 unspecified atom stereocenters. The minimum absolute atomic E-state index is 0.420. The molecule has 0 amide bonds. The number of fused-ring (bicyclic) bond motifs is 1. The van der Waals surface area contributed by atoms with Crippen molar-refractivity contribution in [2.24, 2.45) is 4.99 Å². The van der Waals surface area contributed by atoms with Crippen molar-refractivity contribution in [3.05, 3.63) is 65.0 Å². The normalized spacial score (nSPS) is 16.3. The number of hydrogen-bond acceptors (Lipinski definition) is 2. The highest BCUT2D eigenvalue weighted by Crippen LogP contribution is 2.25. The van der Waals surface area contributed by atoms with Crippen molar-refractivity contribution in [3.8, 4) is 11.3 Å². The van der Waals surface area contributed by atoms with Crippen LogP contribution < -0.4 is 5.36 Å². The van der Waals surface area contributed by atoms with E-state index in [1.54, 1.807) is 0 Å². The Morgan fingerprint density at radius 3 is 2.52 bits per heavy atom. The summed E-state index contributed by atoms with van der Waals surface area (Å²) in [5, 5.41) is 2.69. The summed E-state index contributed by atoms with van der Waals surface area (Å²) in [5.41, 5.74) is 1.89. The third kappa shape index (κ3) is 3.04. The maximum Gasteiger partial charge on any atom is 0.136 e. The van der Waals surface area contributed by atoms with Crippen LogP contribution in [-0.4, -0.2) is 6.04 Å². The van der Waals surface area contributed by atoms with Gasteiger partial charge in [0.2, 0.25) is 0 Å². The Kier molecular flexibility index (Phi) is 3.92. The molecule has 2 aromatic carbocycles. The molecule has 1 saturated carbocycles. The summed E-state index contributed by atoms with van der Waals surface area (Å²) in [4.78, 5) is 4.99. The van der Waals surface area contributed by atoms with Gasteiger partial charge < -0.3 is 4.42 Å². The third-order valence-corrected chi connectivity index (χ3v) is 4.65. The maximum atomic E-state index is 6.18. The van der Waals surface area contributed by atoms with Crippen LogP contribution in [0.1, 0.15) is 25.7 Å². The molecule has 1 aliphatic carbocycles. The second kappa shape index (κ2) is 6.21. The van der Waals surface area contributed by atoms with Gasteiger partial charge in [-0.25, -0.2) is 0 Å². The molecule has 0 bridgehead atoms. The van der Waals surface area contributed by atoms with E-state index in [1.165, 1.54) is 25.7 Å². The topological polar surface area (TPSA) is 25.5 Å². The van der Waals surface area contributed by atoms with E-state index in [0.717, 1.165) is 27.7 Å². The molecule has 2 nitrogen and oxygen atoms in total. The molecule has 23 heavy (non-hydrogen) atoms. The lowest BCUT2D eigenvalue weighted by atomic mass is 10.1. The Morgan fingerprint density at radius 2 is 1.74 bits per heavy atom. The van der Waals surface area contributed by atoms with E-state index in [9.17, 15) is 0 Å². The summed E-state index contributed by atoms with van der Waals surface area (Å²) in [6.45, 7) is 0.